The van der Waals surface area contributed by atoms with E-state index in [4.69, 9.17) is 0 Å². The summed E-state index contributed by atoms with van der Waals surface area (Å²) in [4.78, 5) is 2.49. The largest absolute Gasteiger partial charge is 0.312 e. The van der Waals surface area contributed by atoms with E-state index in [1.165, 1.54) is 0 Å². The highest BCUT2D eigenvalue weighted by Gasteiger charge is 2.31. The normalized spacial score (nSPS) is 17.0. The third kappa shape index (κ3) is 3.86. The lowest BCUT2D eigenvalue weighted by atomic mass is 10.3. The number of nitrogens with zero attached hydrogens (tertiary/aromatic N) is 1. The van der Waals surface area contributed by atoms with Crippen molar-refractivity contribution in [1.29, 1.82) is 0 Å². The Morgan fingerprint density at radius 2 is 2.05 bits per heavy atom. The molecule has 0 aromatic carbocycles. The van der Waals surface area contributed by atoms with Crippen molar-refractivity contribution >= 4 is 21.4 Å². The van der Waals surface area contributed by atoms with Crippen LogP contribution in [-0.4, -0.2) is 32.4 Å². The van der Waals surface area contributed by atoms with Crippen LogP contribution in [0, 0.1) is 6.92 Å². The van der Waals surface area contributed by atoms with Gasteiger partial charge >= 0.3 is 0 Å². The van der Waals surface area contributed by atoms with Crippen molar-refractivity contribution in [1.82, 2.24) is 9.62 Å². The molecule has 0 atom stereocenters. The lowest BCUT2D eigenvalue weighted by molar-refractivity contribution is 0.373. The van der Waals surface area contributed by atoms with Crippen LogP contribution in [0.1, 0.15) is 48.8 Å². The van der Waals surface area contributed by atoms with Crippen LogP contribution in [0.4, 0.5) is 0 Å². The molecule has 1 aliphatic rings. The monoisotopic (exact) mass is 330 g/mol. The number of nitrogens with one attached hydrogen (secondary N) is 1. The average Bonchev–Trinajstić information content (AvgIpc) is 3.08. The Hall–Kier alpha value is -0.430. The van der Waals surface area contributed by atoms with Crippen LogP contribution in [0.5, 0.6) is 0 Å². The van der Waals surface area contributed by atoms with Gasteiger partial charge in [-0.15, -0.1) is 11.3 Å². The molecule has 1 aliphatic carbocycles. The van der Waals surface area contributed by atoms with Crippen LogP contribution in [0.25, 0.3) is 0 Å². The van der Waals surface area contributed by atoms with E-state index in [1.807, 2.05) is 13.0 Å². The molecule has 1 N–H and O–H groups in total. The highest BCUT2D eigenvalue weighted by Crippen LogP contribution is 2.32. The van der Waals surface area contributed by atoms with Crippen molar-refractivity contribution in [2.24, 2.45) is 0 Å². The third-order valence-corrected chi connectivity index (χ3v) is 7.36. The van der Waals surface area contributed by atoms with Crippen molar-refractivity contribution in [3.05, 3.63) is 15.8 Å². The summed E-state index contributed by atoms with van der Waals surface area (Å²) in [5.74, 6) is 0. The van der Waals surface area contributed by atoms with Crippen LogP contribution >= 0.6 is 11.3 Å². The van der Waals surface area contributed by atoms with Gasteiger partial charge in [0, 0.05) is 29.4 Å². The average molecular weight is 331 g/mol. The second kappa shape index (κ2) is 7.22. The summed E-state index contributed by atoms with van der Waals surface area (Å²) < 4.78 is 27.2. The number of hydrogen-bond donors (Lipinski definition) is 1. The smallest absolute Gasteiger partial charge is 0.244 e. The Labute approximate surface area is 132 Å². The summed E-state index contributed by atoms with van der Waals surface area (Å²) in [7, 11) is -1.61. The molecule has 1 aromatic heterocycles. The van der Waals surface area contributed by atoms with Crippen molar-refractivity contribution in [2.45, 2.75) is 63.4 Å². The van der Waals surface area contributed by atoms with Crippen molar-refractivity contribution in [3.8, 4) is 0 Å². The van der Waals surface area contributed by atoms with Crippen LogP contribution in [0.2, 0.25) is 0 Å². The van der Waals surface area contributed by atoms with E-state index in [1.54, 1.807) is 22.7 Å². The summed E-state index contributed by atoms with van der Waals surface area (Å²) in [5, 5.41) is 3.33. The first-order valence-corrected chi connectivity index (χ1v) is 10.0. The third-order valence-electron chi connectivity index (χ3n) is 4.15. The first-order valence-electron chi connectivity index (χ1n) is 7.75. The quantitative estimate of drug-likeness (QED) is 0.782. The first kappa shape index (κ1) is 16.9. The zero-order valence-electron chi connectivity index (χ0n) is 13.2. The molecule has 0 unspecified atom stereocenters. The Morgan fingerprint density at radius 3 is 2.67 bits per heavy atom. The van der Waals surface area contributed by atoms with E-state index in [0.29, 0.717) is 4.90 Å². The van der Waals surface area contributed by atoms with Gasteiger partial charge in [-0.3, -0.25) is 0 Å². The van der Waals surface area contributed by atoms with Crippen molar-refractivity contribution in [3.63, 3.8) is 0 Å². The molecule has 21 heavy (non-hydrogen) atoms. The summed E-state index contributed by atoms with van der Waals surface area (Å²) in [6, 6.07) is 2.03. The summed E-state index contributed by atoms with van der Waals surface area (Å²) in [6.45, 7) is 5.74. The number of thiophene rings is 1. The highest BCUT2D eigenvalue weighted by molar-refractivity contribution is 7.89. The lowest BCUT2D eigenvalue weighted by Crippen LogP contribution is -2.35. The summed E-state index contributed by atoms with van der Waals surface area (Å²) in [6.07, 6.45) is 5.34. The number of sulfonamides is 1. The van der Waals surface area contributed by atoms with E-state index in [0.717, 1.165) is 54.9 Å². The molecule has 1 fully saturated rings. The van der Waals surface area contributed by atoms with Gasteiger partial charge in [-0.1, -0.05) is 19.8 Å². The predicted octanol–water partition coefficient (Wildman–Crippen LogP) is 3.12. The van der Waals surface area contributed by atoms with Crippen molar-refractivity contribution < 1.29 is 8.42 Å². The molecule has 120 valence electrons. The fourth-order valence-electron chi connectivity index (χ4n) is 2.88. The maximum atomic E-state index is 12.8. The predicted molar refractivity (Wildman–Crippen MR) is 88.3 cm³/mol. The standard InChI is InChI=1S/C15H26N2O2S2/c1-4-9-16-11-14-10-15(12(2)20-14)21(18,19)17(3)13-7-5-6-8-13/h10,13,16H,4-9,11H2,1-3H3. The van der Waals surface area contributed by atoms with E-state index < -0.39 is 10.0 Å². The summed E-state index contributed by atoms with van der Waals surface area (Å²) >= 11 is 1.58. The molecular weight excluding hydrogens is 304 g/mol. The Bertz CT molecular complexity index is 560. The maximum Gasteiger partial charge on any atom is 0.244 e. The minimum Gasteiger partial charge on any atom is -0.312 e. The van der Waals surface area contributed by atoms with Gasteiger partial charge in [-0.05, 0) is 38.8 Å². The molecule has 0 saturated heterocycles. The van der Waals surface area contributed by atoms with Crippen molar-refractivity contribution in [2.75, 3.05) is 13.6 Å². The Balaban J connectivity index is 2.15. The van der Waals surface area contributed by atoms with Gasteiger partial charge in [0.15, 0.2) is 0 Å². The fraction of sp³-hybridized carbons (Fsp3) is 0.733. The molecule has 2 rings (SSSR count). The van der Waals surface area contributed by atoms with Gasteiger partial charge in [0.1, 0.15) is 0 Å². The molecule has 6 heteroatoms. The zero-order valence-corrected chi connectivity index (χ0v) is 14.8. The van der Waals surface area contributed by atoms with Crippen LogP contribution in [0.3, 0.4) is 0 Å². The highest BCUT2D eigenvalue weighted by atomic mass is 32.2. The second-order valence-electron chi connectivity index (χ2n) is 5.77. The molecule has 0 radical (unpaired) electrons. The van der Waals surface area contributed by atoms with E-state index in [-0.39, 0.29) is 6.04 Å². The van der Waals surface area contributed by atoms with E-state index >= 15 is 0 Å². The molecule has 0 amide bonds. The summed E-state index contributed by atoms with van der Waals surface area (Å²) in [5.41, 5.74) is 0. The molecule has 4 nitrogen and oxygen atoms in total. The zero-order chi connectivity index (χ0) is 15.5. The number of aryl methyl sites for hydroxylation is 1. The van der Waals surface area contributed by atoms with Gasteiger partial charge in [-0.25, -0.2) is 8.42 Å². The van der Waals surface area contributed by atoms with E-state index in [2.05, 4.69) is 12.2 Å². The minimum atomic E-state index is -3.35. The molecule has 0 aliphatic heterocycles. The first-order chi connectivity index (χ1) is 9.96. The van der Waals surface area contributed by atoms with E-state index in [9.17, 15) is 8.42 Å². The van der Waals surface area contributed by atoms with Gasteiger partial charge in [0.2, 0.25) is 10.0 Å². The molecule has 1 heterocycles. The molecular formula is C15H26N2O2S2. The molecule has 0 spiro atoms. The molecule has 1 saturated carbocycles. The molecule has 1 aromatic rings. The Kier molecular flexibility index (Phi) is 5.82. The van der Waals surface area contributed by atoms with Crippen LogP contribution < -0.4 is 5.32 Å². The second-order valence-corrected chi connectivity index (χ2v) is 9.08. The maximum absolute atomic E-state index is 12.8. The van der Waals surface area contributed by atoms with Crippen LogP contribution in [-0.2, 0) is 16.6 Å². The topological polar surface area (TPSA) is 49.4 Å². The number of rotatable bonds is 7. The lowest BCUT2D eigenvalue weighted by Gasteiger charge is -2.23. The molecule has 0 bridgehead atoms. The number of hydrogen-bond acceptors (Lipinski definition) is 4. The minimum absolute atomic E-state index is 0.177. The van der Waals surface area contributed by atoms with Gasteiger partial charge in [0.25, 0.3) is 0 Å². The van der Waals surface area contributed by atoms with Gasteiger partial charge < -0.3 is 5.32 Å². The SMILES string of the molecule is CCCNCc1cc(S(=O)(=O)N(C)C2CCCC2)c(C)s1. The van der Waals surface area contributed by atoms with Crippen LogP contribution in [0.15, 0.2) is 11.0 Å². The Morgan fingerprint density at radius 1 is 1.38 bits per heavy atom. The fourth-order valence-corrected chi connectivity index (χ4v) is 5.86. The van der Waals surface area contributed by atoms with Gasteiger partial charge in [0.05, 0.1) is 4.90 Å². The van der Waals surface area contributed by atoms with Gasteiger partial charge in [-0.2, -0.15) is 4.31 Å².